The van der Waals surface area contributed by atoms with E-state index in [1.807, 2.05) is 0 Å². The molecule has 0 radical (unpaired) electrons. The third kappa shape index (κ3) is 3.37. The number of hydrogen-bond donors (Lipinski definition) is 1. The van der Waals surface area contributed by atoms with Crippen molar-refractivity contribution in [1.82, 2.24) is 9.75 Å². The number of alkyl halides is 2. The van der Waals surface area contributed by atoms with Crippen LogP contribution in [0, 0.1) is 0 Å². The molecule has 1 rings (SSSR count). The van der Waals surface area contributed by atoms with Crippen LogP contribution in [0.3, 0.4) is 0 Å². The Morgan fingerprint density at radius 2 is 2.50 bits per heavy atom. The molecule has 1 N–H and O–H groups in total. The number of nitrogens with zero attached hydrogens (tertiary/aromatic N) is 1. The molecule has 0 saturated carbocycles. The molecular formula is C7H15Cl2N2O2P. The lowest BCUT2D eigenvalue weighted by atomic mass is 10.5. The molecule has 14 heavy (non-hydrogen) atoms. The molecule has 0 bridgehead atoms. The molecule has 1 atom stereocenters. The van der Waals surface area contributed by atoms with Crippen molar-refractivity contribution < 1.29 is 16.0 Å². The Kier molecular flexibility index (Phi) is 3.20. The van der Waals surface area contributed by atoms with Crippen LogP contribution in [0.15, 0.2) is 0 Å². The normalized spacial score (nSPS) is 39.5. The number of rotatable bonds is 5. The molecule has 84 valence electrons. The Balaban J connectivity index is 3.00. The first-order valence-electron chi connectivity index (χ1n) is 6.53. The fraction of sp³-hybridized carbons (Fsp3) is 1.00. The molecular weight excluding hydrogens is 246 g/mol. The third-order valence-corrected chi connectivity index (χ3v) is 3.89. The van der Waals surface area contributed by atoms with Crippen molar-refractivity contribution in [2.24, 2.45) is 0 Å². The van der Waals surface area contributed by atoms with Crippen LogP contribution in [-0.4, -0.2) is 42.6 Å². The van der Waals surface area contributed by atoms with Gasteiger partial charge >= 0.3 is 7.67 Å². The summed E-state index contributed by atoms with van der Waals surface area (Å²) in [4.78, 5) is 0. The van der Waals surface area contributed by atoms with E-state index in [9.17, 15) is 4.57 Å². The Bertz CT molecular complexity index is 370. The van der Waals surface area contributed by atoms with E-state index in [2.05, 4.69) is 0 Å². The van der Waals surface area contributed by atoms with Crippen molar-refractivity contribution in [3.05, 3.63) is 0 Å². The van der Waals surface area contributed by atoms with Gasteiger partial charge in [0.1, 0.15) is 1.41 Å². The van der Waals surface area contributed by atoms with Crippen LogP contribution in [0.5, 0.6) is 0 Å². The van der Waals surface area contributed by atoms with E-state index in [4.69, 9.17) is 34.6 Å². The molecule has 1 saturated heterocycles. The lowest BCUT2D eigenvalue weighted by molar-refractivity contribution is 0.233. The molecule has 0 amide bonds. The molecule has 0 spiro atoms. The van der Waals surface area contributed by atoms with Gasteiger partial charge in [0.15, 0.2) is 0 Å². The van der Waals surface area contributed by atoms with Crippen LogP contribution in [0.2, 0.25) is 1.41 Å². The van der Waals surface area contributed by atoms with E-state index >= 15 is 0 Å². The van der Waals surface area contributed by atoms with Gasteiger partial charge in [-0.05, 0) is 6.42 Å². The number of halogens is 2. The summed E-state index contributed by atoms with van der Waals surface area (Å²) in [6, 6.07) is 0. The summed E-state index contributed by atoms with van der Waals surface area (Å²) in [6.45, 7) is -2.73. The Labute approximate surface area is 102 Å². The molecule has 0 aromatic heterocycles. The average Bonchev–Trinajstić information content (AvgIpc) is 2.21. The Morgan fingerprint density at radius 3 is 3.14 bits per heavy atom. The zero-order valence-electron chi connectivity index (χ0n) is 12.4. The quantitative estimate of drug-likeness (QED) is 0.609. The van der Waals surface area contributed by atoms with Gasteiger partial charge in [-0.3, -0.25) is 4.57 Å². The van der Waals surface area contributed by atoms with Gasteiger partial charge in [-0.25, -0.2) is 9.75 Å². The molecule has 0 aromatic rings. The molecule has 1 fully saturated rings. The third-order valence-electron chi connectivity index (χ3n) is 1.62. The molecule has 1 heterocycles. The molecule has 7 heteroatoms. The standard InChI is InChI=1S/C7H15Cl2N2O2P/c8-2-5-11(6-3-9)14(12)10-4-1-7-13-14/h1-7H2,(H,10,12)/i2D2,7D2/hD. The number of hydrogen-bond acceptors (Lipinski definition) is 2. The van der Waals surface area contributed by atoms with E-state index in [-0.39, 0.29) is 25.4 Å². The van der Waals surface area contributed by atoms with E-state index in [0.29, 0.717) is 5.08 Å². The van der Waals surface area contributed by atoms with E-state index in [0.717, 1.165) is 4.67 Å². The Morgan fingerprint density at radius 1 is 1.71 bits per heavy atom. The first-order valence-corrected chi connectivity index (χ1v) is 6.52. The summed E-state index contributed by atoms with van der Waals surface area (Å²) < 4.78 is 55.8. The van der Waals surface area contributed by atoms with Crippen LogP contribution in [0.25, 0.3) is 0 Å². The predicted molar refractivity (Wildman–Crippen MR) is 59.2 cm³/mol. The highest BCUT2D eigenvalue weighted by molar-refractivity contribution is 7.54. The molecule has 1 unspecified atom stereocenters. The average molecular weight is 266 g/mol. The van der Waals surface area contributed by atoms with Crippen LogP contribution >= 0.6 is 30.9 Å². The fourth-order valence-corrected chi connectivity index (χ4v) is 3.11. The van der Waals surface area contributed by atoms with Crippen molar-refractivity contribution in [3.63, 3.8) is 0 Å². The number of nitrogens with one attached hydrogen (secondary N) is 1. The smallest absolute Gasteiger partial charge is 0.306 e. The lowest BCUT2D eigenvalue weighted by Crippen LogP contribution is -2.35. The van der Waals surface area contributed by atoms with Crippen molar-refractivity contribution >= 4 is 30.9 Å². The molecule has 0 aromatic carbocycles. The van der Waals surface area contributed by atoms with Crippen molar-refractivity contribution in [1.29, 1.82) is 0 Å². The van der Waals surface area contributed by atoms with Gasteiger partial charge in [-0.15, -0.1) is 23.2 Å². The van der Waals surface area contributed by atoms with Crippen LogP contribution in [0.4, 0.5) is 0 Å². The topological polar surface area (TPSA) is 41.6 Å². The van der Waals surface area contributed by atoms with Crippen LogP contribution in [-0.2, 0) is 9.09 Å². The molecule has 4 nitrogen and oxygen atoms in total. The van der Waals surface area contributed by atoms with Crippen molar-refractivity contribution in [2.75, 3.05) is 37.9 Å². The maximum atomic E-state index is 12.7. The van der Waals surface area contributed by atoms with Gasteiger partial charge in [0.05, 0.1) is 9.30 Å². The minimum atomic E-state index is -4.00. The first kappa shape index (κ1) is 7.10. The summed E-state index contributed by atoms with van der Waals surface area (Å²) in [7, 11) is -4.00. The second kappa shape index (κ2) is 6.31. The summed E-state index contributed by atoms with van der Waals surface area (Å²) in [5.74, 6) is -2.16. The second-order valence-corrected chi connectivity index (χ2v) is 5.21. The highest BCUT2D eigenvalue weighted by atomic mass is 35.5. The van der Waals surface area contributed by atoms with Gasteiger partial charge in [0.2, 0.25) is 0 Å². The van der Waals surface area contributed by atoms with E-state index in [1.165, 1.54) is 0 Å². The second-order valence-electron chi connectivity index (χ2n) is 2.55. The van der Waals surface area contributed by atoms with Crippen LogP contribution < -0.4 is 5.08 Å². The zero-order valence-corrected chi connectivity index (χ0v) is 9.86. The lowest BCUT2D eigenvalue weighted by Gasteiger charge is -2.33. The van der Waals surface area contributed by atoms with Crippen LogP contribution in [0.1, 0.15) is 11.9 Å². The van der Waals surface area contributed by atoms with Gasteiger partial charge in [0, 0.05) is 34.1 Å². The minimum absolute atomic E-state index is 0.0250. The predicted octanol–water partition coefficient (Wildman–Crippen LogP) is 1.88. The van der Waals surface area contributed by atoms with E-state index < -0.39 is 26.6 Å². The SMILES string of the molecule is [2H]N1CCC([2H])([2H])OP1(=O)N(CCCl)CC([2H])([2H])Cl. The summed E-state index contributed by atoms with van der Waals surface area (Å²) in [5.41, 5.74) is 0. The fourth-order valence-electron chi connectivity index (χ4n) is 0.989. The van der Waals surface area contributed by atoms with Gasteiger partial charge in [-0.1, -0.05) is 0 Å². The van der Waals surface area contributed by atoms with Gasteiger partial charge in [-0.2, -0.15) is 0 Å². The first-order chi connectivity index (χ1) is 8.50. The van der Waals surface area contributed by atoms with Crippen molar-refractivity contribution in [2.45, 2.75) is 6.42 Å². The highest BCUT2D eigenvalue weighted by Crippen LogP contribution is 2.47. The Hall–Kier alpha value is 0.690. The largest absolute Gasteiger partial charge is 0.343 e. The van der Waals surface area contributed by atoms with Gasteiger partial charge < -0.3 is 4.52 Å². The monoisotopic (exact) mass is 265 g/mol. The molecule has 0 aliphatic carbocycles. The zero-order chi connectivity index (χ0) is 14.9. The van der Waals surface area contributed by atoms with Crippen molar-refractivity contribution in [3.8, 4) is 0 Å². The summed E-state index contributed by atoms with van der Waals surface area (Å²) in [6.07, 6.45) is -0.0943. The molecule has 1 aliphatic rings. The van der Waals surface area contributed by atoms with Gasteiger partial charge in [0.25, 0.3) is 0 Å². The molecule has 1 aliphatic heterocycles. The summed E-state index contributed by atoms with van der Waals surface area (Å²) in [5, 5.41) is 0.642. The van der Waals surface area contributed by atoms with E-state index in [1.54, 1.807) is 0 Å². The maximum Gasteiger partial charge on any atom is 0.343 e. The maximum absolute atomic E-state index is 12.7. The minimum Gasteiger partial charge on any atom is -0.306 e. The highest BCUT2D eigenvalue weighted by Gasteiger charge is 2.32. The summed E-state index contributed by atoms with van der Waals surface area (Å²) >= 11 is 11.0.